The van der Waals surface area contributed by atoms with Crippen molar-refractivity contribution in [2.24, 2.45) is 5.92 Å². The third kappa shape index (κ3) is 2.41. The van der Waals surface area contributed by atoms with Crippen LogP contribution in [0.3, 0.4) is 0 Å². The zero-order valence-electron chi connectivity index (χ0n) is 7.39. The summed E-state index contributed by atoms with van der Waals surface area (Å²) in [6.45, 7) is 0.798. The van der Waals surface area contributed by atoms with E-state index in [2.05, 4.69) is 0 Å². The number of alkyl halides is 2. The molecule has 0 aliphatic heterocycles. The van der Waals surface area contributed by atoms with Crippen LogP contribution in [-0.2, 0) is 0 Å². The van der Waals surface area contributed by atoms with Gasteiger partial charge in [0.2, 0.25) is 0 Å². The maximum absolute atomic E-state index is 12.7. The molecule has 1 aliphatic rings. The van der Waals surface area contributed by atoms with Crippen molar-refractivity contribution in [3.8, 4) is 0 Å². The standard InChI is InChI=1S/C9H16F2O/c1-9(10,11)8(12)7-5-3-2-4-6-7/h7-8,12H,2-6H2,1H3. The molecule has 0 bridgehead atoms. The molecule has 1 saturated carbocycles. The molecule has 3 heteroatoms. The van der Waals surface area contributed by atoms with Crippen molar-refractivity contribution in [2.75, 3.05) is 0 Å². The zero-order valence-corrected chi connectivity index (χ0v) is 7.39. The van der Waals surface area contributed by atoms with E-state index < -0.39 is 12.0 Å². The Morgan fingerprint density at radius 2 is 1.75 bits per heavy atom. The molecule has 0 amide bonds. The van der Waals surface area contributed by atoms with Gasteiger partial charge in [-0.1, -0.05) is 19.3 Å². The first-order chi connectivity index (χ1) is 5.52. The largest absolute Gasteiger partial charge is 0.387 e. The molecule has 1 unspecified atom stereocenters. The zero-order chi connectivity index (χ0) is 9.19. The molecule has 0 aromatic carbocycles. The van der Waals surface area contributed by atoms with Gasteiger partial charge in [-0.2, -0.15) is 0 Å². The second kappa shape index (κ2) is 3.69. The molecule has 1 nitrogen and oxygen atoms in total. The molecule has 0 aromatic heterocycles. The monoisotopic (exact) mass is 178 g/mol. The molecule has 12 heavy (non-hydrogen) atoms. The van der Waals surface area contributed by atoms with Crippen molar-refractivity contribution < 1.29 is 13.9 Å². The van der Waals surface area contributed by atoms with Crippen LogP contribution >= 0.6 is 0 Å². The van der Waals surface area contributed by atoms with E-state index in [9.17, 15) is 13.9 Å². The summed E-state index contributed by atoms with van der Waals surface area (Å²) in [5.74, 6) is -3.11. The highest BCUT2D eigenvalue weighted by Gasteiger charge is 2.38. The van der Waals surface area contributed by atoms with Crippen molar-refractivity contribution in [3.05, 3.63) is 0 Å². The predicted molar refractivity (Wildman–Crippen MR) is 43.2 cm³/mol. The molecule has 1 atom stereocenters. The summed E-state index contributed by atoms with van der Waals surface area (Å²) < 4.78 is 25.3. The summed E-state index contributed by atoms with van der Waals surface area (Å²) in [5, 5.41) is 9.26. The highest BCUT2D eigenvalue weighted by molar-refractivity contribution is 4.81. The van der Waals surface area contributed by atoms with E-state index in [1.165, 1.54) is 0 Å². The van der Waals surface area contributed by atoms with Gasteiger partial charge in [0.1, 0.15) is 6.10 Å². The highest BCUT2D eigenvalue weighted by atomic mass is 19.3. The van der Waals surface area contributed by atoms with Crippen molar-refractivity contribution >= 4 is 0 Å². The Hall–Kier alpha value is -0.180. The molecule has 0 saturated heterocycles. The molecular weight excluding hydrogens is 162 g/mol. The van der Waals surface area contributed by atoms with Gasteiger partial charge in [0, 0.05) is 6.92 Å². The van der Waals surface area contributed by atoms with Gasteiger partial charge in [-0.25, -0.2) is 8.78 Å². The lowest BCUT2D eigenvalue weighted by Crippen LogP contribution is -2.37. The van der Waals surface area contributed by atoms with Crippen LogP contribution in [-0.4, -0.2) is 17.1 Å². The summed E-state index contributed by atoms with van der Waals surface area (Å²) in [4.78, 5) is 0. The van der Waals surface area contributed by atoms with Gasteiger partial charge in [0.15, 0.2) is 0 Å². The van der Waals surface area contributed by atoms with Gasteiger partial charge < -0.3 is 5.11 Å². The van der Waals surface area contributed by atoms with Crippen molar-refractivity contribution in [2.45, 2.75) is 51.1 Å². The Labute approximate surface area is 71.8 Å². The smallest absolute Gasteiger partial charge is 0.270 e. The molecule has 0 aromatic rings. The molecule has 0 spiro atoms. The molecule has 1 N–H and O–H groups in total. The third-order valence-electron chi connectivity index (χ3n) is 2.62. The second-order valence-corrected chi connectivity index (χ2v) is 3.80. The maximum Gasteiger partial charge on any atom is 0.270 e. The predicted octanol–water partition coefficient (Wildman–Crippen LogP) is 2.58. The topological polar surface area (TPSA) is 20.2 Å². The number of aliphatic hydroxyl groups excluding tert-OH is 1. The second-order valence-electron chi connectivity index (χ2n) is 3.80. The van der Waals surface area contributed by atoms with Gasteiger partial charge in [0.25, 0.3) is 5.92 Å². The van der Waals surface area contributed by atoms with Crippen LogP contribution in [0.2, 0.25) is 0 Å². The Balaban J connectivity index is 2.45. The van der Waals surface area contributed by atoms with E-state index in [1.54, 1.807) is 0 Å². The lowest BCUT2D eigenvalue weighted by atomic mass is 9.83. The van der Waals surface area contributed by atoms with Crippen LogP contribution in [0.4, 0.5) is 8.78 Å². The van der Waals surface area contributed by atoms with Crippen LogP contribution < -0.4 is 0 Å². The van der Waals surface area contributed by atoms with E-state index in [1.807, 2.05) is 0 Å². The average molecular weight is 178 g/mol. The summed E-state index contributed by atoms with van der Waals surface area (Å²) in [6, 6.07) is 0. The Bertz CT molecular complexity index is 136. The van der Waals surface area contributed by atoms with Crippen molar-refractivity contribution in [1.82, 2.24) is 0 Å². The van der Waals surface area contributed by atoms with Crippen molar-refractivity contribution in [3.63, 3.8) is 0 Å². The van der Waals surface area contributed by atoms with Crippen molar-refractivity contribution in [1.29, 1.82) is 0 Å². The first kappa shape index (κ1) is 9.90. The number of aliphatic hydroxyl groups is 1. The third-order valence-corrected chi connectivity index (χ3v) is 2.62. The Kier molecular flexibility index (Phi) is 3.04. The van der Waals surface area contributed by atoms with Crippen LogP contribution in [0, 0.1) is 5.92 Å². The minimum atomic E-state index is -2.93. The maximum atomic E-state index is 12.7. The Morgan fingerprint density at radius 1 is 1.25 bits per heavy atom. The lowest BCUT2D eigenvalue weighted by molar-refractivity contribution is -0.123. The van der Waals surface area contributed by atoms with Gasteiger partial charge >= 0.3 is 0 Å². The normalized spacial score (nSPS) is 24.0. The molecule has 0 heterocycles. The van der Waals surface area contributed by atoms with Gasteiger partial charge in [-0.15, -0.1) is 0 Å². The van der Waals surface area contributed by atoms with E-state index in [0.29, 0.717) is 0 Å². The molecular formula is C9H16F2O. The first-order valence-corrected chi connectivity index (χ1v) is 4.57. The first-order valence-electron chi connectivity index (χ1n) is 4.57. The van der Waals surface area contributed by atoms with E-state index in [-0.39, 0.29) is 5.92 Å². The number of halogens is 2. The highest BCUT2D eigenvalue weighted by Crippen LogP contribution is 2.33. The SMILES string of the molecule is CC(F)(F)C(O)C1CCCCC1. The van der Waals surface area contributed by atoms with E-state index in [0.717, 1.165) is 39.0 Å². The van der Waals surface area contributed by atoms with Crippen LogP contribution in [0.25, 0.3) is 0 Å². The fourth-order valence-electron chi connectivity index (χ4n) is 1.86. The van der Waals surface area contributed by atoms with Gasteiger partial charge in [0.05, 0.1) is 0 Å². The van der Waals surface area contributed by atoms with Gasteiger partial charge in [-0.05, 0) is 18.8 Å². The summed E-state index contributed by atoms with van der Waals surface area (Å²) in [6.07, 6.45) is 3.17. The van der Waals surface area contributed by atoms with Crippen LogP contribution in [0.1, 0.15) is 39.0 Å². The summed E-state index contributed by atoms with van der Waals surface area (Å²) >= 11 is 0. The number of hydrogen-bond donors (Lipinski definition) is 1. The number of hydrogen-bond acceptors (Lipinski definition) is 1. The molecule has 1 fully saturated rings. The molecule has 1 aliphatic carbocycles. The fourth-order valence-corrected chi connectivity index (χ4v) is 1.86. The minimum Gasteiger partial charge on any atom is -0.387 e. The van der Waals surface area contributed by atoms with E-state index in [4.69, 9.17) is 0 Å². The minimum absolute atomic E-state index is 0.182. The number of rotatable bonds is 2. The molecule has 1 rings (SSSR count). The lowest BCUT2D eigenvalue weighted by Gasteiger charge is -2.29. The molecule has 72 valence electrons. The summed E-state index contributed by atoms with van der Waals surface area (Å²) in [7, 11) is 0. The Morgan fingerprint density at radius 3 is 2.17 bits per heavy atom. The van der Waals surface area contributed by atoms with E-state index >= 15 is 0 Å². The summed E-state index contributed by atoms with van der Waals surface area (Å²) in [5.41, 5.74) is 0. The average Bonchev–Trinajstić information content (AvgIpc) is 2.03. The molecule has 0 radical (unpaired) electrons. The van der Waals surface area contributed by atoms with Gasteiger partial charge in [-0.3, -0.25) is 0 Å². The quantitative estimate of drug-likeness (QED) is 0.689. The fraction of sp³-hybridized carbons (Fsp3) is 1.00. The van der Waals surface area contributed by atoms with Crippen LogP contribution in [0.15, 0.2) is 0 Å². The van der Waals surface area contributed by atoms with Crippen LogP contribution in [0.5, 0.6) is 0 Å².